The highest BCUT2D eigenvalue weighted by Gasteiger charge is 2.35. The number of benzene rings is 3. The quantitative estimate of drug-likeness (QED) is 0.274. The second kappa shape index (κ2) is 14.7. The maximum absolute atomic E-state index is 14.3. The van der Waals surface area contributed by atoms with Crippen molar-refractivity contribution in [3.63, 3.8) is 0 Å². The topological polar surface area (TPSA) is 124 Å². The molecule has 3 aromatic carbocycles. The molecule has 0 aliphatic carbocycles. The van der Waals surface area contributed by atoms with Crippen molar-refractivity contribution >= 4 is 39.1 Å². The molecule has 0 aliphatic heterocycles. The molecule has 0 unspecified atom stereocenters. The van der Waals surface area contributed by atoms with E-state index in [1.807, 2.05) is 20.8 Å². The van der Waals surface area contributed by atoms with E-state index in [1.54, 1.807) is 44.4 Å². The summed E-state index contributed by atoms with van der Waals surface area (Å²) in [5, 5.41) is 3.12. The zero-order valence-corrected chi connectivity index (χ0v) is 28.3. The molecule has 0 spiro atoms. The predicted octanol–water partition coefficient (Wildman–Crippen LogP) is 4.90. The van der Waals surface area contributed by atoms with Gasteiger partial charge in [-0.05, 0) is 75.7 Å². The summed E-state index contributed by atoms with van der Waals surface area (Å²) in [6.45, 7) is 6.41. The Morgan fingerprint density at radius 3 is 2.00 bits per heavy atom. The van der Waals surface area contributed by atoms with E-state index >= 15 is 0 Å². The maximum atomic E-state index is 14.3. The van der Waals surface area contributed by atoms with Gasteiger partial charge < -0.3 is 29.2 Å². The van der Waals surface area contributed by atoms with Gasteiger partial charge in [0.25, 0.3) is 10.0 Å². The van der Waals surface area contributed by atoms with Gasteiger partial charge in [-0.2, -0.15) is 0 Å². The zero-order valence-electron chi connectivity index (χ0n) is 26.7. The van der Waals surface area contributed by atoms with Gasteiger partial charge in [-0.3, -0.25) is 13.9 Å². The first kappa shape index (κ1) is 35.3. The highest BCUT2D eigenvalue weighted by atomic mass is 35.5. The van der Waals surface area contributed by atoms with Crippen LogP contribution in [-0.4, -0.2) is 71.7 Å². The van der Waals surface area contributed by atoms with Crippen molar-refractivity contribution in [2.75, 3.05) is 39.3 Å². The van der Waals surface area contributed by atoms with Gasteiger partial charge in [0.15, 0.2) is 11.5 Å². The van der Waals surface area contributed by atoms with Crippen molar-refractivity contribution in [3.8, 4) is 23.0 Å². The van der Waals surface area contributed by atoms with Crippen LogP contribution in [0.2, 0.25) is 5.02 Å². The molecule has 1 N–H and O–H groups in total. The Hall–Kier alpha value is -4.16. The van der Waals surface area contributed by atoms with E-state index in [0.29, 0.717) is 17.1 Å². The Kier molecular flexibility index (Phi) is 11.6. The number of sulfonamides is 1. The number of carbonyl (C=O) groups excluding carboxylic acids is 2. The third-order valence-electron chi connectivity index (χ3n) is 6.81. The van der Waals surface area contributed by atoms with Crippen molar-refractivity contribution in [2.45, 2.75) is 50.7 Å². The summed E-state index contributed by atoms with van der Waals surface area (Å²) in [5.41, 5.74) is 0.162. The Labute approximate surface area is 270 Å². The molecule has 0 fully saturated rings. The molecule has 0 saturated heterocycles. The van der Waals surface area contributed by atoms with Crippen molar-refractivity contribution in [1.29, 1.82) is 0 Å². The van der Waals surface area contributed by atoms with Crippen LogP contribution in [0, 0.1) is 0 Å². The summed E-state index contributed by atoms with van der Waals surface area (Å²) in [7, 11) is 1.29. The Morgan fingerprint density at radius 2 is 1.44 bits per heavy atom. The summed E-state index contributed by atoms with van der Waals surface area (Å²) < 4.78 is 50.9. The SMILES string of the molecule is COc1ccc(CN(C(=O)CN(c2cc(Cl)ccc2OC)S(=O)(=O)c2ccc(OC)c(OC)c2)[C@@H](C)C(=O)NC(C)(C)C)cc1. The van der Waals surface area contributed by atoms with E-state index in [9.17, 15) is 18.0 Å². The minimum atomic E-state index is -4.45. The molecule has 0 saturated carbocycles. The standard InChI is InChI=1S/C32H40ClN3O8S/c1-21(31(38)34-32(2,3)4)35(19-22-9-12-24(41-5)13-10-22)30(37)20-36(26-17-23(33)11-15-27(26)42-6)45(39,40)25-14-16-28(43-7)29(18-25)44-8/h9-18,21H,19-20H2,1-8H3,(H,34,38)/t21-/m0/s1. The maximum Gasteiger partial charge on any atom is 0.265 e. The van der Waals surface area contributed by atoms with Crippen LogP contribution in [0.1, 0.15) is 33.3 Å². The van der Waals surface area contributed by atoms with Crippen LogP contribution in [0.4, 0.5) is 5.69 Å². The second-order valence-corrected chi connectivity index (χ2v) is 13.4. The van der Waals surface area contributed by atoms with Gasteiger partial charge in [-0.1, -0.05) is 23.7 Å². The highest BCUT2D eigenvalue weighted by molar-refractivity contribution is 7.92. The largest absolute Gasteiger partial charge is 0.497 e. The molecule has 0 radical (unpaired) electrons. The average molecular weight is 662 g/mol. The van der Waals surface area contributed by atoms with Crippen LogP contribution in [0.5, 0.6) is 23.0 Å². The van der Waals surface area contributed by atoms with E-state index in [1.165, 1.54) is 56.6 Å². The fourth-order valence-electron chi connectivity index (χ4n) is 4.46. The van der Waals surface area contributed by atoms with Gasteiger partial charge in [-0.25, -0.2) is 8.42 Å². The molecule has 1 atom stereocenters. The van der Waals surface area contributed by atoms with E-state index in [-0.39, 0.29) is 33.6 Å². The smallest absolute Gasteiger partial charge is 0.265 e. The fraction of sp³-hybridized carbons (Fsp3) is 0.375. The number of hydrogen-bond acceptors (Lipinski definition) is 8. The van der Waals surface area contributed by atoms with Gasteiger partial charge in [0, 0.05) is 23.2 Å². The van der Waals surface area contributed by atoms with Gasteiger partial charge in [0.2, 0.25) is 11.8 Å². The molecule has 45 heavy (non-hydrogen) atoms. The third-order valence-corrected chi connectivity index (χ3v) is 8.80. The lowest BCUT2D eigenvalue weighted by Gasteiger charge is -2.33. The van der Waals surface area contributed by atoms with Crippen molar-refractivity contribution in [2.24, 2.45) is 0 Å². The van der Waals surface area contributed by atoms with Crippen LogP contribution in [0.3, 0.4) is 0 Å². The molecule has 11 nitrogen and oxygen atoms in total. The minimum Gasteiger partial charge on any atom is -0.497 e. The van der Waals surface area contributed by atoms with Crippen molar-refractivity contribution in [3.05, 3.63) is 71.2 Å². The summed E-state index contributed by atoms with van der Waals surface area (Å²) in [4.78, 5) is 28.7. The van der Waals surface area contributed by atoms with Gasteiger partial charge in [0.05, 0.1) is 39.0 Å². The lowest BCUT2D eigenvalue weighted by molar-refractivity contribution is -0.140. The summed E-state index contributed by atoms with van der Waals surface area (Å²) in [6, 6.07) is 14.6. The van der Waals surface area contributed by atoms with Crippen LogP contribution in [0.25, 0.3) is 0 Å². The molecule has 13 heteroatoms. The molecule has 0 bridgehead atoms. The van der Waals surface area contributed by atoms with Crippen LogP contribution < -0.4 is 28.6 Å². The van der Waals surface area contributed by atoms with Gasteiger partial charge in [-0.15, -0.1) is 0 Å². The predicted molar refractivity (Wildman–Crippen MR) is 173 cm³/mol. The molecule has 0 heterocycles. The fourth-order valence-corrected chi connectivity index (χ4v) is 6.06. The van der Waals surface area contributed by atoms with Crippen LogP contribution in [-0.2, 0) is 26.2 Å². The number of nitrogens with one attached hydrogen (secondary N) is 1. The molecule has 0 aromatic heterocycles. The number of methoxy groups -OCH3 is 4. The van der Waals surface area contributed by atoms with E-state index < -0.39 is 40.0 Å². The monoisotopic (exact) mass is 661 g/mol. The number of halogens is 1. The Balaban J connectivity index is 2.15. The molecule has 3 rings (SSSR count). The first-order valence-electron chi connectivity index (χ1n) is 14.0. The van der Waals surface area contributed by atoms with Crippen molar-refractivity contribution in [1.82, 2.24) is 10.2 Å². The molecule has 2 amide bonds. The summed E-state index contributed by atoms with van der Waals surface area (Å²) >= 11 is 6.31. The van der Waals surface area contributed by atoms with Gasteiger partial charge in [0.1, 0.15) is 24.1 Å². The van der Waals surface area contributed by atoms with Crippen molar-refractivity contribution < 1.29 is 37.0 Å². The summed E-state index contributed by atoms with van der Waals surface area (Å²) in [5.74, 6) is 0.236. The molecular weight excluding hydrogens is 622 g/mol. The normalized spacial score (nSPS) is 12.1. The number of ether oxygens (including phenoxy) is 4. The minimum absolute atomic E-state index is 0.0124. The number of nitrogens with zero attached hydrogens (tertiary/aromatic N) is 2. The molecule has 3 aromatic rings. The number of amides is 2. The molecular formula is C32H40ClN3O8S. The number of hydrogen-bond donors (Lipinski definition) is 1. The summed E-state index contributed by atoms with van der Waals surface area (Å²) in [6.07, 6.45) is 0. The second-order valence-electron chi connectivity index (χ2n) is 11.1. The van der Waals surface area contributed by atoms with Crippen LogP contribution in [0.15, 0.2) is 65.6 Å². The van der Waals surface area contributed by atoms with Gasteiger partial charge >= 0.3 is 0 Å². The third kappa shape index (κ3) is 8.73. The first-order valence-corrected chi connectivity index (χ1v) is 15.8. The molecule has 244 valence electrons. The number of rotatable bonds is 13. The van der Waals surface area contributed by atoms with Crippen LogP contribution >= 0.6 is 11.6 Å². The van der Waals surface area contributed by atoms with E-state index in [2.05, 4.69) is 5.32 Å². The number of anilines is 1. The molecule has 0 aliphatic rings. The zero-order chi connectivity index (χ0) is 33.5. The average Bonchev–Trinajstić information content (AvgIpc) is 3.00. The Bertz CT molecular complexity index is 1610. The lowest BCUT2D eigenvalue weighted by Crippen LogP contribution is -2.54. The van der Waals surface area contributed by atoms with E-state index in [4.69, 9.17) is 30.5 Å². The first-order chi connectivity index (χ1) is 21.1. The van der Waals surface area contributed by atoms with E-state index in [0.717, 1.165) is 4.31 Å². The number of carbonyl (C=O) groups is 2. The highest BCUT2D eigenvalue weighted by Crippen LogP contribution is 2.37. The Morgan fingerprint density at radius 1 is 0.844 bits per heavy atom. The lowest BCUT2D eigenvalue weighted by atomic mass is 10.1.